The second-order valence-electron chi connectivity index (χ2n) is 9.76. The molecule has 0 spiro atoms. The molecule has 2 aromatic rings. The molecule has 0 amide bonds. The largest absolute Gasteiger partial charge is 0.497 e. The number of unbranched alkanes of at least 4 members (excludes halogenated alkanes) is 3. The van der Waals surface area contributed by atoms with Gasteiger partial charge in [0.05, 0.1) is 7.11 Å². The van der Waals surface area contributed by atoms with Gasteiger partial charge >= 0.3 is 0 Å². The number of hydrogen-bond donors (Lipinski definition) is 0. The second-order valence-corrected chi connectivity index (χ2v) is 9.76. The van der Waals surface area contributed by atoms with E-state index in [9.17, 15) is 8.78 Å². The molecule has 4 unspecified atom stereocenters. The van der Waals surface area contributed by atoms with Crippen LogP contribution in [0, 0.1) is 29.4 Å². The van der Waals surface area contributed by atoms with Crippen molar-refractivity contribution >= 4 is 10.8 Å². The van der Waals surface area contributed by atoms with Crippen LogP contribution in [0.25, 0.3) is 10.8 Å². The lowest BCUT2D eigenvalue weighted by molar-refractivity contribution is 0.112. The van der Waals surface area contributed by atoms with E-state index in [1.807, 2.05) is 0 Å². The first-order valence-electron chi connectivity index (χ1n) is 12.1. The van der Waals surface area contributed by atoms with Crippen molar-refractivity contribution in [2.75, 3.05) is 7.11 Å². The van der Waals surface area contributed by atoms with Crippen molar-refractivity contribution < 1.29 is 13.5 Å². The maximum atomic E-state index is 15.0. The Hall–Kier alpha value is -1.64. The van der Waals surface area contributed by atoms with E-state index in [-0.39, 0.29) is 17.6 Å². The van der Waals surface area contributed by atoms with Crippen LogP contribution in [-0.4, -0.2) is 7.11 Å². The molecule has 1 nitrogen and oxygen atoms in total. The molecule has 0 saturated heterocycles. The predicted molar refractivity (Wildman–Crippen MR) is 120 cm³/mol. The van der Waals surface area contributed by atoms with Gasteiger partial charge in [0.25, 0.3) is 0 Å². The summed E-state index contributed by atoms with van der Waals surface area (Å²) in [6.07, 6.45) is 14.1. The summed E-state index contributed by atoms with van der Waals surface area (Å²) in [7, 11) is 1.50. The van der Waals surface area contributed by atoms with Gasteiger partial charge < -0.3 is 4.74 Å². The lowest BCUT2D eigenvalue weighted by Gasteiger charge is -2.42. The van der Waals surface area contributed by atoms with Crippen molar-refractivity contribution in [2.45, 2.75) is 83.5 Å². The summed E-state index contributed by atoms with van der Waals surface area (Å²) in [5, 5.41) is 1.08. The number of hydrogen-bond acceptors (Lipinski definition) is 1. The van der Waals surface area contributed by atoms with E-state index in [0.717, 1.165) is 24.7 Å². The summed E-state index contributed by atoms with van der Waals surface area (Å²) in [6.45, 7) is 2.27. The van der Waals surface area contributed by atoms with Crippen molar-refractivity contribution in [1.29, 1.82) is 0 Å². The van der Waals surface area contributed by atoms with Gasteiger partial charge in [-0.1, -0.05) is 45.4 Å². The molecule has 164 valence electrons. The Kier molecular flexibility index (Phi) is 6.95. The Morgan fingerprint density at radius 1 is 0.867 bits per heavy atom. The molecule has 2 aromatic carbocycles. The summed E-state index contributed by atoms with van der Waals surface area (Å²) in [6, 6.07) is 6.37. The smallest absolute Gasteiger partial charge is 0.134 e. The predicted octanol–water partition coefficient (Wildman–Crippen LogP) is 8.40. The molecule has 0 aliphatic heterocycles. The van der Waals surface area contributed by atoms with Crippen molar-refractivity contribution in [3.05, 3.63) is 41.5 Å². The highest BCUT2D eigenvalue weighted by Crippen LogP contribution is 2.49. The lowest BCUT2D eigenvalue weighted by Crippen LogP contribution is -2.30. The van der Waals surface area contributed by atoms with Gasteiger partial charge in [-0.2, -0.15) is 0 Å². The first kappa shape index (κ1) is 21.6. The highest BCUT2D eigenvalue weighted by molar-refractivity contribution is 5.85. The molecule has 2 aliphatic carbocycles. The van der Waals surface area contributed by atoms with Crippen molar-refractivity contribution in [1.82, 2.24) is 0 Å². The highest BCUT2D eigenvalue weighted by Gasteiger charge is 2.36. The Balaban J connectivity index is 1.43. The third-order valence-corrected chi connectivity index (χ3v) is 7.86. The van der Waals surface area contributed by atoms with Gasteiger partial charge in [0.2, 0.25) is 0 Å². The molecule has 2 fully saturated rings. The molecule has 0 aromatic heterocycles. The third-order valence-electron chi connectivity index (χ3n) is 7.86. The van der Waals surface area contributed by atoms with Crippen LogP contribution in [0.1, 0.15) is 89.0 Å². The van der Waals surface area contributed by atoms with Gasteiger partial charge in [-0.25, -0.2) is 8.78 Å². The maximum Gasteiger partial charge on any atom is 0.134 e. The molecule has 2 aliphatic rings. The number of rotatable bonds is 7. The second kappa shape index (κ2) is 9.66. The van der Waals surface area contributed by atoms with E-state index in [0.29, 0.717) is 28.0 Å². The van der Waals surface area contributed by atoms with Crippen LogP contribution < -0.4 is 4.74 Å². The van der Waals surface area contributed by atoms with Gasteiger partial charge in [0.1, 0.15) is 17.4 Å². The lowest BCUT2D eigenvalue weighted by atomic mass is 9.63. The zero-order valence-electron chi connectivity index (χ0n) is 18.6. The average molecular weight is 415 g/mol. The molecular formula is C27H36F2O. The van der Waals surface area contributed by atoms with Crippen LogP contribution in [0.15, 0.2) is 24.3 Å². The molecule has 4 atom stereocenters. The monoisotopic (exact) mass is 414 g/mol. The number of halogens is 2. The Labute approximate surface area is 180 Å². The normalized spacial score (nSPS) is 26.5. The Morgan fingerprint density at radius 2 is 1.67 bits per heavy atom. The molecular weight excluding hydrogens is 378 g/mol. The minimum atomic E-state index is -0.331. The quantitative estimate of drug-likeness (QED) is 0.413. The number of ether oxygens (including phenoxy) is 1. The number of methoxy groups -OCH3 is 1. The first-order chi connectivity index (χ1) is 14.6. The summed E-state index contributed by atoms with van der Waals surface area (Å²) >= 11 is 0. The molecule has 0 bridgehead atoms. The fraction of sp³-hybridized carbons (Fsp3) is 0.630. The average Bonchev–Trinajstić information content (AvgIpc) is 2.75. The van der Waals surface area contributed by atoms with Crippen molar-refractivity contribution in [3.63, 3.8) is 0 Å². The van der Waals surface area contributed by atoms with Crippen molar-refractivity contribution in [3.8, 4) is 5.75 Å². The van der Waals surface area contributed by atoms with Crippen LogP contribution in [0.3, 0.4) is 0 Å². The topological polar surface area (TPSA) is 9.23 Å². The summed E-state index contributed by atoms with van der Waals surface area (Å²) in [5.41, 5.74) is 0.715. The van der Waals surface area contributed by atoms with E-state index < -0.39 is 0 Å². The maximum absolute atomic E-state index is 15.0. The van der Waals surface area contributed by atoms with Crippen LogP contribution in [-0.2, 0) is 0 Å². The standard InChI is InChI=1S/C27H36F2O/c1-3-4-5-6-7-18-8-9-20-13-21(11-10-19(20)12-18)24-17-25-22(15-26(24)28)14-23(30-2)16-27(25)29/h14-21H,3-13H2,1-2H3. The summed E-state index contributed by atoms with van der Waals surface area (Å²) in [4.78, 5) is 0. The van der Waals surface area contributed by atoms with Crippen LogP contribution >= 0.6 is 0 Å². The van der Waals surface area contributed by atoms with Crippen LogP contribution in [0.2, 0.25) is 0 Å². The molecule has 0 N–H and O–H groups in total. The van der Waals surface area contributed by atoms with Crippen LogP contribution in [0.5, 0.6) is 5.75 Å². The first-order valence-corrected chi connectivity index (χ1v) is 12.1. The van der Waals surface area contributed by atoms with Gasteiger partial charge in [-0.05, 0) is 84.9 Å². The van der Waals surface area contributed by atoms with E-state index >= 15 is 0 Å². The van der Waals surface area contributed by atoms with Gasteiger partial charge in [0.15, 0.2) is 0 Å². The molecule has 30 heavy (non-hydrogen) atoms. The van der Waals surface area contributed by atoms with E-state index in [1.54, 1.807) is 12.1 Å². The minimum Gasteiger partial charge on any atom is -0.497 e. The van der Waals surface area contributed by atoms with E-state index in [2.05, 4.69) is 6.92 Å². The van der Waals surface area contributed by atoms with Gasteiger partial charge in [0, 0.05) is 11.5 Å². The van der Waals surface area contributed by atoms with Gasteiger partial charge in [-0.3, -0.25) is 0 Å². The summed E-state index contributed by atoms with van der Waals surface area (Å²) < 4.78 is 34.7. The minimum absolute atomic E-state index is 0.191. The van der Waals surface area contributed by atoms with Crippen LogP contribution in [0.4, 0.5) is 8.78 Å². The molecule has 0 radical (unpaired) electrons. The number of fused-ring (bicyclic) bond motifs is 2. The zero-order chi connectivity index (χ0) is 21.1. The highest BCUT2D eigenvalue weighted by atomic mass is 19.1. The van der Waals surface area contributed by atoms with E-state index in [1.165, 1.54) is 77.0 Å². The van der Waals surface area contributed by atoms with E-state index in [4.69, 9.17) is 4.74 Å². The SMILES string of the molecule is CCCCCCC1CCC2CC(c3cc4c(F)cc(OC)cc4cc3F)CCC2C1. The summed E-state index contributed by atoms with van der Waals surface area (Å²) in [5.74, 6) is 2.56. The zero-order valence-corrected chi connectivity index (χ0v) is 18.6. The third kappa shape index (κ3) is 4.65. The molecule has 0 heterocycles. The fourth-order valence-electron chi connectivity index (χ4n) is 6.15. The number of benzene rings is 2. The Bertz CT molecular complexity index is 862. The molecule has 3 heteroatoms. The molecule has 2 saturated carbocycles. The fourth-order valence-corrected chi connectivity index (χ4v) is 6.15. The van der Waals surface area contributed by atoms with Crippen molar-refractivity contribution in [2.24, 2.45) is 17.8 Å². The Morgan fingerprint density at radius 3 is 2.47 bits per heavy atom. The molecule has 4 rings (SSSR count). The van der Waals surface area contributed by atoms with Gasteiger partial charge in [-0.15, -0.1) is 0 Å².